The summed E-state index contributed by atoms with van der Waals surface area (Å²) in [6, 6.07) is 7.48. The van der Waals surface area contributed by atoms with Crippen LogP contribution in [-0.2, 0) is 9.53 Å². The van der Waals surface area contributed by atoms with Crippen molar-refractivity contribution in [3.63, 3.8) is 0 Å². The van der Waals surface area contributed by atoms with Crippen molar-refractivity contribution in [1.29, 1.82) is 0 Å². The first-order chi connectivity index (χ1) is 11.7. The predicted molar refractivity (Wildman–Crippen MR) is 104 cm³/mol. The van der Waals surface area contributed by atoms with Gasteiger partial charge in [-0.1, -0.05) is 6.07 Å². The van der Waals surface area contributed by atoms with E-state index in [0.29, 0.717) is 25.4 Å². The van der Waals surface area contributed by atoms with Gasteiger partial charge in [-0.3, -0.25) is 4.79 Å². The second-order valence-corrected chi connectivity index (χ2v) is 8.35. The van der Waals surface area contributed by atoms with Gasteiger partial charge in [0.2, 0.25) is 0 Å². The summed E-state index contributed by atoms with van der Waals surface area (Å²) >= 11 is 2.20. The van der Waals surface area contributed by atoms with Crippen molar-refractivity contribution < 1.29 is 19.1 Å². The Morgan fingerprint density at radius 3 is 2.60 bits per heavy atom. The summed E-state index contributed by atoms with van der Waals surface area (Å²) in [4.78, 5) is 28.0. The van der Waals surface area contributed by atoms with Gasteiger partial charge in [0.15, 0.2) is 6.61 Å². The minimum absolute atomic E-state index is 0.000743. The Balaban J connectivity index is 1.85. The number of carbonyl (C=O) groups is 2. The summed E-state index contributed by atoms with van der Waals surface area (Å²) in [6.07, 6.45) is -0.331. The van der Waals surface area contributed by atoms with E-state index in [1.807, 2.05) is 52.0 Å². The molecular formula is C18H25IN2O4. The molecule has 138 valence electrons. The van der Waals surface area contributed by atoms with Gasteiger partial charge in [0.25, 0.3) is 5.91 Å². The molecule has 7 heteroatoms. The van der Waals surface area contributed by atoms with Crippen molar-refractivity contribution in [1.82, 2.24) is 9.80 Å². The molecule has 2 amide bonds. The van der Waals surface area contributed by atoms with Crippen LogP contribution in [0.25, 0.3) is 0 Å². The van der Waals surface area contributed by atoms with Gasteiger partial charge < -0.3 is 19.3 Å². The van der Waals surface area contributed by atoms with E-state index in [2.05, 4.69) is 22.6 Å². The fourth-order valence-corrected chi connectivity index (χ4v) is 3.08. The lowest BCUT2D eigenvalue weighted by molar-refractivity contribution is -0.136. The highest BCUT2D eigenvalue weighted by Crippen LogP contribution is 2.17. The maximum absolute atomic E-state index is 12.4. The molecule has 0 bridgehead atoms. The first-order valence-corrected chi connectivity index (χ1v) is 9.39. The Kier molecular flexibility index (Phi) is 6.53. The normalized spacial score (nSPS) is 18.0. The monoisotopic (exact) mass is 460 g/mol. The lowest BCUT2D eigenvalue weighted by atomic mass is 10.2. The van der Waals surface area contributed by atoms with Crippen LogP contribution in [0.2, 0.25) is 0 Å². The highest BCUT2D eigenvalue weighted by atomic mass is 127. The van der Waals surface area contributed by atoms with Gasteiger partial charge in [-0.25, -0.2) is 4.79 Å². The van der Waals surface area contributed by atoms with Crippen LogP contribution < -0.4 is 4.74 Å². The third-order valence-corrected chi connectivity index (χ3v) is 4.44. The van der Waals surface area contributed by atoms with Gasteiger partial charge in [-0.15, -0.1) is 0 Å². The molecule has 2 rings (SSSR count). The summed E-state index contributed by atoms with van der Waals surface area (Å²) in [5.74, 6) is 0.607. The van der Waals surface area contributed by atoms with E-state index in [0.717, 1.165) is 3.57 Å². The van der Waals surface area contributed by atoms with E-state index in [1.54, 1.807) is 9.80 Å². The SMILES string of the molecule is C[C@@H]1CN(C(=O)COc2cccc(I)c2)CCN1C(=O)OC(C)(C)C. The molecule has 1 heterocycles. The number of rotatable bonds is 3. The summed E-state index contributed by atoms with van der Waals surface area (Å²) in [7, 11) is 0. The number of ether oxygens (including phenoxy) is 2. The van der Waals surface area contributed by atoms with E-state index in [9.17, 15) is 9.59 Å². The van der Waals surface area contributed by atoms with Crippen molar-refractivity contribution in [3.05, 3.63) is 27.8 Å². The number of piperazine rings is 1. The quantitative estimate of drug-likeness (QED) is 0.651. The molecule has 1 aromatic rings. The second kappa shape index (κ2) is 8.25. The molecule has 0 aromatic heterocycles. The largest absolute Gasteiger partial charge is 0.484 e. The van der Waals surface area contributed by atoms with Gasteiger partial charge in [-0.2, -0.15) is 0 Å². The fraction of sp³-hybridized carbons (Fsp3) is 0.556. The van der Waals surface area contributed by atoms with E-state index in [1.165, 1.54) is 0 Å². The van der Waals surface area contributed by atoms with Crippen LogP contribution in [-0.4, -0.2) is 59.7 Å². The van der Waals surface area contributed by atoms with Crippen LogP contribution in [0.4, 0.5) is 4.79 Å². The number of hydrogen-bond donors (Lipinski definition) is 0. The molecule has 1 atom stereocenters. The van der Waals surface area contributed by atoms with Gasteiger partial charge >= 0.3 is 6.09 Å². The average molecular weight is 460 g/mol. The van der Waals surface area contributed by atoms with Crippen molar-refractivity contribution in [2.24, 2.45) is 0 Å². The van der Waals surface area contributed by atoms with Gasteiger partial charge in [0.05, 0.1) is 0 Å². The number of amides is 2. The molecule has 1 aliphatic rings. The Labute approximate surface area is 162 Å². The Morgan fingerprint density at radius 2 is 2.00 bits per heavy atom. The van der Waals surface area contributed by atoms with Crippen LogP contribution >= 0.6 is 22.6 Å². The molecule has 0 spiro atoms. The molecule has 0 radical (unpaired) electrons. The molecule has 0 aliphatic carbocycles. The Bertz CT molecular complexity index is 630. The van der Waals surface area contributed by atoms with E-state index >= 15 is 0 Å². The zero-order chi connectivity index (χ0) is 18.6. The van der Waals surface area contributed by atoms with Crippen molar-refractivity contribution in [2.75, 3.05) is 26.2 Å². The van der Waals surface area contributed by atoms with E-state index in [-0.39, 0.29) is 24.6 Å². The summed E-state index contributed by atoms with van der Waals surface area (Å²) in [5, 5.41) is 0. The zero-order valence-corrected chi connectivity index (χ0v) is 17.3. The maximum Gasteiger partial charge on any atom is 0.410 e. The summed E-state index contributed by atoms with van der Waals surface area (Å²) in [5.41, 5.74) is -0.523. The number of nitrogens with zero attached hydrogens (tertiary/aromatic N) is 2. The molecule has 6 nitrogen and oxygen atoms in total. The van der Waals surface area contributed by atoms with Crippen molar-refractivity contribution in [3.8, 4) is 5.75 Å². The average Bonchev–Trinajstić information content (AvgIpc) is 2.50. The number of carbonyl (C=O) groups excluding carboxylic acids is 2. The minimum atomic E-state index is -0.523. The van der Waals surface area contributed by atoms with Crippen LogP contribution in [0, 0.1) is 3.57 Å². The molecule has 0 N–H and O–H groups in total. The third-order valence-electron chi connectivity index (χ3n) is 3.77. The second-order valence-electron chi connectivity index (χ2n) is 7.11. The van der Waals surface area contributed by atoms with Crippen LogP contribution in [0.3, 0.4) is 0 Å². The molecule has 1 aromatic carbocycles. The van der Waals surface area contributed by atoms with Crippen molar-refractivity contribution >= 4 is 34.6 Å². The summed E-state index contributed by atoms with van der Waals surface area (Å²) in [6.45, 7) is 8.88. The van der Waals surface area contributed by atoms with Gasteiger partial charge in [0, 0.05) is 29.2 Å². The molecule has 25 heavy (non-hydrogen) atoms. The topological polar surface area (TPSA) is 59.1 Å². The minimum Gasteiger partial charge on any atom is -0.484 e. The number of halogens is 1. The number of benzene rings is 1. The molecule has 1 aliphatic heterocycles. The third kappa shape index (κ3) is 6.05. The smallest absolute Gasteiger partial charge is 0.410 e. The molecule has 0 unspecified atom stereocenters. The van der Waals surface area contributed by atoms with Gasteiger partial charge in [-0.05, 0) is 68.5 Å². The molecule has 1 saturated heterocycles. The molecular weight excluding hydrogens is 435 g/mol. The fourth-order valence-electron chi connectivity index (χ4n) is 2.57. The highest BCUT2D eigenvalue weighted by molar-refractivity contribution is 14.1. The zero-order valence-electron chi connectivity index (χ0n) is 15.1. The van der Waals surface area contributed by atoms with Gasteiger partial charge in [0.1, 0.15) is 11.4 Å². The van der Waals surface area contributed by atoms with E-state index < -0.39 is 5.60 Å². The first kappa shape index (κ1) is 19.8. The van der Waals surface area contributed by atoms with E-state index in [4.69, 9.17) is 9.47 Å². The number of hydrogen-bond acceptors (Lipinski definition) is 4. The standard InChI is InChI=1S/C18H25IN2O4/c1-13-11-20(8-9-21(13)17(23)25-18(2,3)4)16(22)12-24-15-7-5-6-14(19)10-15/h5-7,10,13H,8-9,11-12H2,1-4H3/t13-/m1/s1. The Morgan fingerprint density at radius 1 is 1.28 bits per heavy atom. The maximum atomic E-state index is 12.4. The van der Waals surface area contributed by atoms with Crippen LogP contribution in [0.5, 0.6) is 5.75 Å². The lowest BCUT2D eigenvalue weighted by Gasteiger charge is -2.40. The summed E-state index contributed by atoms with van der Waals surface area (Å²) < 4.78 is 12.1. The van der Waals surface area contributed by atoms with Crippen LogP contribution in [0.15, 0.2) is 24.3 Å². The lowest BCUT2D eigenvalue weighted by Crippen LogP contribution is -2.56. The predicted octanol–water partition coefficient (Wildman–Crippen LogP) is 3.14. The Hall–Kier alpha value is -1.51. The molecule has 1 fully saturated rings. The molecule has 0 saturated carbocycles. The van der Waals surface area contributed by atoms with Crippen LogP contribution in [0.1, 0.15) is 27.7 Å². The first-order valence-electron chi connectivity index (χ1n) is 8.31. The highest BCUT2D eigenvalue weighted by Gasteiger charge is 2.32. The van der Waals surface area contributed by atoms with Crippen molar-refractivity contribution in [2.45, 2.75) is 39.3 Å².